The highest BCUT2D eigenvalue weighted by Crippen LogP contribution is 2.55. The normalized spacial score (nSPS) is 13.9. The third-order valence-corrected chi connectivity index (χ3v) is 4.13. The van der Waals surface area contributed by atoms with E-state index in [1.165, 1.54) is 5.56 Å². The van der Waals surface area contributed by atoms with E-state index in [1.807, 2.05) is 42.5 Å². The number of rotatable bonds is 0. The Bertz CT molecular complexity index is 888. The van der Waals surface area contributed by atoms with Gasteiger partial charge in [-0.2, -0.15) is 0 Å². The van der Waals surface area contributed by atoms with Gasteiger partial charge in [0.25, 0.3) is 0 Å². The SMILES string of the molecule is c1ccc2c(c1)COc1cccc3c1N2c1ccccc1O3. The molecule has 0 aromatic heterocycles. The summed E-state index contributed by atoms with van der Waals surface area (Å²) in [6.07, 6.45) is 0. The highest BCUT2D eigenvalue weighted by atomic mass is 16.5. The summed E-state index contributed by atoms with van der Waals surface area (Å²) in [7, 11) is 0. The highest BCUT2D eigenvalue weighted by Gasteiger charge is 2.31. The molecule has 0 unspecified atom stereocenters. The van der Waals surface area contributed by atoms with Crippen molar-refractivity contribution >= 4 is 17.1 Å². The Hall–Kier alpha value is -2.94. The van der Waals surface area contributed by atoms with Crippen LogP contribution in [0.4, 0.5) is 17.1 Å². The molecule has 3 heteroatoms. The first kappa shape index (κ1) is 11.7. The van der Waals surface area contributed by atoms with Gasteiger partial charge in [0.1, 0.15) is 18.0 Å². The molecule has 0 N–H and O–H groups in total. The standard InChI is InChI=1S/C19H13NO2/c1-2-7-14-13(6-1)12-21-17-10-5-11-18-19(17)20(14)15-8-3-4-9-16(15)22-18/h1-11H,12H2. The molecular formula is C19H13NO2. The molecule has 0 aliphatic carbocycles. The van der Waals surface area contributed by atoms with Gasteiger partial charge in [0.05, 0.1) is 11.4 Å². The summed E-state index contributed by atoms with van der Waals surface area (Å²) >= 11 is 0. The van der Waals surface area contributed by atoms with E-state index in [-0.39, 0.29) is 0 Å². The van der Waals surface area contributed by atoms with E-state index < -0.39 is 0 Å². The highest BCUT2D eigenvalue weighted by molar-refractivity contribution is 5.90. The van der Waals surface area contributed by atoms with E-state index in [2.05, 4.69) is 29.2 Å². The number of hydrogen-bond acceptors (Lipinski definition) is 3. The molecule has 3 aromatic rings. The molecule has 0 saturated carbocycles. The average molecular weight is 287 g/mol. The van der Waals surface area contributed by atoms with Crippen molar-refractivity contribution in [1.29, 1.82) is 0 Å². The Morgan fingerprint density at radius 3 is 2.36 bits per heavy atom. The van der Waals surface area contributed by atoms with Gasteiger partial charge in [-0.1, -0.05) is 36.4 Å². The number of nitrogens with zero attached hydrogens (tertiary/aromatic N) is 1. The van der Waals surface area contributed by atoms with Crippen LogP contribution in [0, 0.1) is 0 Å². The van der Waals surface area contributed by atoms with Gasteiger partial charge in [-0.15, -0.1) is 0 Å². The van der Waals surface area contributed by atoms with Gasteiger partial charge in [0.2, 0.25) is 0 Å². The lowest BCUT2D eigenvalue weighted by Gasteiger charge is -2.32. The number of hydrogen-bond donors (Lipinski definition) is 0. The Morgan fingerprint density at radius 1 is 0.682 bits per heavy atom. The Morgan fingerprint density at radius 2 is 1.41 bits per heavy atom. The van der Waals surface area contributed by atoms with Crippen LogP contribution in [0.1, 0.15) is 5.56 Å². The van der Waals surface area contributed by atoms with Crippen molar-refractivity contribution in [3.63, 3.8) is 0 Å². The summed E-state index contributed by atoms with van der Waals surface area (Å²) in [6.45, 7) is 0.561. The van der Waals surface area contributed by atoms with Gasteiger partial charge in [-0.25, -0.2) is 0 Å². The van der Waals surface area contributed by atoms with Crippen molar-refractivity contribution in [3.8, 4) is 17.2 Å². The summed E-state index contributed by atoms with van der Waals surface area (Å²) in [5.74, 6) is 2.54. The first-order chi connectivity index (χ1) is 10.9. The van der Waals surface area contributed by atoms with Crippen molar-refractivity contribution in [2.24, 2.45) is 0 Å². The fourth-order valence-electron chi connectivity index (χ4n) is 3.15. The first-order valence-corrected chi connectivity index (χ1v) is 7.32. The van der Waals surface area contributed by atoms with Gasteiger partial charge in [0.15, 0.2) is 11.5 Å². The van der Waals surface area contributed by atoms with E-state index in [4.69, 9.17) is 9.47 Å². The summed E-state index contributed by atoms with van der Waals surface area (Å²) in [4.78, 5) is 2.24. The summed E-state index contributed by atoms with van der Waals surface area (Å²) < 4.78 is 12.1. The molecule has 2 aliphatic rings. The quantitative estimate of drug-likeness (QED) is 0.446. The molecule has 0 radical (unpaired) electrons. The van der Waals surface area contributed by atoms with Crippen molar-refractivity contribution < 1.29 is 9.47 Å². The van der Waals surface area contributed by atoms with Crippen molar-refractivity contribution in [1.82, 2.24) is 0 Å². The van der Waals surface area contributed by atoms with Crippen molar-refractivity contribution in [3.05, 3.63) is 72.3 Å². The summed E-state index contributed by atoms with van der Waals surface area (Å²) in [5, 5.41) is 0. The fourth-order valence-corrected chi connectivity index (χ4v) is 3.15. The van der Waals surface area contributed by atoms with Crippen LogP contribution in [0.25, 0.3) is 0 Å². The smallest absolute Gasteiger partial charge is 0.155 e. The maximum atomic E-state index is 6.07. The third-order valence-electron chi connectivity index (χ3n) is 4.13. The molecule has 0 fully saturated rings. The van der Waals surface area contributed by atoms with Crippen LogP contribution in [0.5, 0.6) is 17.2 Å². The monoisotopic (exact) mass is 287 g/mol. The van der Waals surface area contributed by atoms with Crippen LogP contribution in [0.2, 0.25) is 0 Å². The maximum Gasteiger partial charge on any atom is 0.155 e. The zero-order chi connectivity index (χ0) is 14.5. The topological polar surface area (TPSA) is 21.7 Å². The fraction of sp³-hybridized carbons (Fsp3) is 0.0526. The van der Waals surface area contributed by atoms with Gasteiger partial charge in [-0.05, 0) is 30.3 Å². The van der Waals surface area contributed by atoms with Crippen LogP contribution in [-0.2, 0) is 6.61 Å². The van der Waals surface area contributed by atoms with Crippen LogP contribution in [0.3, 0.4) is 0 Å². The third kappa shape index (κ3) is 1.51. The number of benzene rings is 3. The lowest BCUT2D eigenvalue weighted by molar-refractivity contribution is 0.309. The van der Waals surface area contributed by atoms with Gasteiger partial charge >= 0.3 is 0 Å². The Kier molecular flexibility index (Phi) is 2.27. The molecular weight excluding hydrogens is 274 g/mol. The van der Waals surface area contributed by atoms with Crippen molar-refractivity contribution in [2.75, 3.05) is 4.90 Å². The number of ether oxygens (including phenoxy) is 2. The molecule has 0 amide bonds. The Labute approximate surface area is 128 Å². The van der Waals surface area contributed by atoms with Crippen LogP contribution < -0.4 is 14.4 Å². The maximum absolute atomic E-state index is 6.07. The van der Waals surface area contributed by atoms with E-state index >= 15 is 0 Å². The number of fused-ring (bicyclic) bond motifs is 4. The number of anilines is 3. The van der Waals surface area contributed by atoms with Crippen LogP contribution >= 0.6 is 0 Å². The molecule has 2 heterocycles. The molecule has 0 spiro atoms. The van der Waals surface area contributed by atoms with Gasteiger partial charge < -0.3 is 14.4 Å². The van der Waals surface area contributed by atoms with E-state index in [1.54, 1.807) is 0 Å². The first-order valence-electron chi connectivity index (χ1n) is 7.32. The minimum absolute atomic E-state index is 0.561. The lowest BCUT2D eigenvalue weighted by atomic mass is 10.1. The van der Waals surface area contributed by atoms with Gasteiger partial charge in [-0.3, -0.25) is 0 Å². The predicted octanol–water partition coefficient (Wildman–Crippen LogP) is 5.15. The zero-order valence-electron chi connectivity index (χ0n) is 11.8. The molecule has 0 bridgehead atoms. The molecule has 106 valence electrons. The lowest BCUT2D eigenvalue weighted by Crippen LogP contribution is -2.16. The molecule has 3 nitrogen and oxygen atoms in total. The second kappa shape index (κ2) is 4.28. The molecule has 3 aromatic carbocycles. The molecule has 5 rings (SSSR count). The van der Waals surface area contributed by atoms with E-state index in [0.29, 0.717) is 6.61 Å². The van der Waals surface area contributed by atoms with Crippen LogP contribution in [0.15, 0.2) is 66.7 Å². The van der Waals surface area contributed by atoms with E-state index in [0.717, 1.165) is 34.3 Å². The van der Waals surface area contributed by atoms with Crippen molar-refractivity contribution in [2.45, 2.75) is 6.61 Å². The Balaban J connectivity index is 1.88. The second-order valence-electron chi connectivity index (χ2n) is 5.43. The predicted molar refractivity (Wildman–Crippen MR) is 85.5 cm³/mol. The average Bonchev–Trinajstić information content (AvgIpc) is 2.74. The molecule has 0 saturated heterocycles. The largest absolute Gasteiger partial charge is 0.486 e. The molecule has 0 atom stereocenters. The second-order valence-corrected chi connectivity index (χ2v) is 5.43. The summed E-state index contributed by atoms with van der Waals surface area (Å²) in [6, 6.07) is 22.4. The van der Waals surface area contributed by atoms with Gasteiger partial charge in [0, 0.05) is 5.56 Å². The van der Waals surface area contributed by atoms with E-state index in [9.17, 15) is 0 Å². The minimum atomic E-state index is 0.561. The minimum Gasteiger partial charge on any atom is -0.486 e. The van der Waals surface area contributed by atoms with Crippen LogP contribution in [-0.4, -0.2) is 0 Å². The zero-order valence-corrected chi connectivity index (χ0v) is 11.8. The summed E-state index contributed by atoms with van der Waals surface area (Å²) in [5.41, 5.74) is 4.33. The molecule has 2 aliphatic heterocycles. The molecule has 22 heavy (non-hydrogen) atoms. The number of para-hydroxylation sites is 4.